The molecule has 0 radical (unpaired) electrons. The Morgan fingerprint density at radius 3 is 2.23 bits per heavy atom. The van der Waals surface area contributed by atoms with Crippen molar-refractivity contribution in [2.24, 2.45) is 0 Å². The maximum absolute atomic E-state index is 11.8. The van der Waals surface area contributed by atoms with Crippen LogP contribution in [0, 0.1) is 0 Å². The lowest BCUT2D eigenvalue weighted by atomic mass is 10.2. The smallest absolute Gasteiger partial charge is 0.248 e. The summed E-state index contributed by atoms with van der Waals surface area (Å²) in [7, 11) is 0. The van der Waals surface area contributed by atoms with Crippen LogP contribution in [-0.4, -0.2) is 11.8 Å². The Morgan fingerprint density at radius 2 is 1.64 bits per heavy atom. The number of carbonyl (C=O) groups excluding carboxylic acids is 2. The molecule has 0 fully saturated rings. The first-order valence-electron chi connectivity index (χ1n) is 6.65. The molecule has 2 aromatic rings. The Hall–Kier alpha value is -2.59. The van der Waals surface area contributed by atoms with E-state index in [2.05, 4.69) is 10.6 Å². The van der Waals surface area contributed by atoms with Gasteiger partial charge in [0.1, 0.15) is 0 Å². The number of benzene rings is 2. The third-order valence-corrected chi connectivity index (χ3v) is 2.98. The maximum atomic E-state index is 11.8. The molecular formula is C17H15ClN2O2. The highest BCUT2D eigenvalue weighted by molar-refractivity contribution is 6.30. The van der Waals surface area contributed by atoms with E-state index in [-0.39, 0.29) is 11.8 Å². The summed E-state index contributed by atoms with van der Waals surface area (Å²) in [5.74, 6) is -0.381. The van der Waals surface area contributed by atoms with Crippen LogP contribution < -0.4 is 10.6 Å². The van der Waals surface area contributed by atoms with Gasteiger partial charge in [-0.15, -0.1) is 0 Å². The molecule has 22 heavy (non-hydrogen) atoms. The lowest BCUT2D eigenvalue weighted by Crippen LogP contribution is -2.08. The van der Waals surface area contributed by atoms with Crippen LogP contribution in [0.4, 0.5) is 11.4 Å². The number of hydrogen-bond donors (Lipinski definition) is 2. The van der Waals surface area contributed by atoms with E-state index >= 15 is 0 Å². The number of halogens is 1. The van der Waals surface area contributed by atoms with E-state index in [1.165, 1.54) is 13.0 Å². The molecule has 0 atom stereocenters. The Balaban J connectivity index is 1.95. The van der Waals surface area contributed by atoms with Crippen LogP contribution in [0.5, 0.6) is 0 Å². The van der Waals surface area contributed by atoms with Gasteiger partial charge in [-0.2, -0.15) is 0 Å². The Labute approximate surface area is 133 Å². The lowest BCUT2D eigenvalue weighted by molar-refractivity contribution is -0.114. The molecule has 0 heterocycles. The molecule has 0 spiro atoms. The van der Waals surface area contributed by atoms with Gasteiger partial charge in [0.25, 0.3) is 0 Å². The number of carbonyl (C=O) groups is 2. The molecule has 0 aromatic heterocycles. The third kappa shape index (κ3) is 5.07. The fourth-order valence-corrected chi connectivity index (χ4v) is 2.00. The Kier molecular flexibility index (Phi) is 5.33. The topological polar surface area (TPSA) is 58.2 Å². The predicted molar refractivity (Wildman–Crippen MR) is 89.9 cm³/mol. The van der Waals surface area contributed by atoms with Crippen LogP contribution in [0.2, 0.25) is 5.02 Å². The zero-order chi connectivity index (χ0) is 15.9. The lowest BCUT2D eigenvalue weighted by Gasteiger charge is -2.05. The second-order valence-electron chi connectivity index (χ2n) is 4.64. The van der Waals surface area contributed by atoms with E-state index in [1.54, 1.807) is 42.5 Å². The van der Waals surface area contributed by atoms with E-state index < -0.39 is 0 Å². The maximum Gasteiger partial charge on any atom is 0.248 e. The Morgan fingerprint density at radius 1 is 1.00 bits per heavy atom. The average Bonchev–Trinajstić information content (AvgIpc) is 2.47. The molecule has 2 aromatic carbocycles. The highest BCUT2D eigenvalue weighted by Crippen LogP contribution is 2.14. The molecule has 2 N–H and O–H groups in total. The summed E-state index contributed by atoms with van der Waals surface area (Å²) in [4.78, 5) is 22.8. The van der Waals surface area contributed by atoms with E-state index in [9.17, 15) is 9.59 Å². The molecule has 0 saturated carbocycles. The molecule has 4 nitrogen and oxygen atoms in total. The summed E-state index contributed by atoms with van der Waals surface area (Å²) in [6.07, 6.45) is 3.13. The fourth-order valence-electron chi connectivity index (χ4n) is 1.81. The highest BCUT2D eigenvalue weighted by Gasteiger charge is 1.99. The van der Waals surface area contributed by atoms with E-state index in [0.29, 0.717) is 16.4 Å². The largest absolute Gasteiger partial charge is 0.326 e. The minimum atomic E-state index is -0.243. The molecule has 0 bridgehead atoms. The van der Waals surface area contributed by atoms with Crippen molar-refractivity contribution in [2.75, 3.05) is 10.6 Å². The van der Waals surface area contributed by atoms with Crippen molar-refractivity contribution in [3.8, 4) is 0 Å². The summed E-state index contributed by atoms with van der Waals surface area (Å²) < 4.78 is 0. The van der Waals surface area contributed by atoms with E-state index in [1.807, 2.05) is 12.1 Å². The first-order chi connectivity index (χ1) is 10.5. The first-order valence-corrected chi connectivity index (χ1v) is 7.03. The quantitative estimate of drug-likeness (QED) is 0.839. The molecule has 112 valence electrons. The highest BCUT2D eigenvalue weighted by atomic mass is 35.5. The molecule has 0 aliphatic rings. The van der Waals surface area contributed by atoms with Gasteiger partial charge in [0.05, 0.1) is 0 Å². The monoisotopic (exact) mass is 314 g/mol. The second kappa shape index (κ2) is 7.43. The minimum absolute atomic E-state index is 0.138. The average molecular weight is 315 g/mol. The molecule has 2 rings (SSSR count). The molecule has 0 unspecified atom stereocenters. The van der Waals surface area contributed by atoms with Crippen LogP contribution in [0.1, 0.15) is 12.5 Å². The van der Waals surface area contributed by atoms with Gasteiger partial charge < -0.3 is 10.6 Å². The van der Waals surface area contributed by atoms with Gasteiger partial charge in [0.15, 0.2) is 0 Å². The molecule has 0 aliphatic carbocycles. The van der Waals surface area contributed by atoms with Crippen LogP contribution >= 0.6 is 11.6 Å². The molecule has 0 aliphatic heterocycles. The SMILES string of the molecule is CC(=O)Nc1ccc(NC(=O)C=Cc2cccc(Cl)c2)cc1. The van der Waals surface area contributed by atoms with Crippen molar-refractivity contribution in [1.29, 1.82) is 0 Å². The number of anilines is 2. The number of amides is 2. The van der Waals surface area contributed by atoms with Gasteiger partial charge in [0.2, 0.25) is 11.8 Å². The normalized spacial score (nSPS) is 10.5. The zero-order valence-corrected chi connectivity index (χ0v) is 12.7. The molecule has 2 amide bonds. The van der Waals surface area contributed by atoms with Crippen molar-refractivity contribution in [3.63, 3.8) is 0 Å². The predicted octanol–water partition coefficient (Wildman–Crippen LogP) is 3.95. The molecule has 0 saturated heterocycles. The van der Waals surface area contributed by atoms with Crippen LogP contribution in [0.25, 0.3) is 6.08 Å². The summed E-state index contributed by atoms with van der Waals surface area (Å²) in [6, 6.07) is 14.1. The number of nitrogens with one attached hydrogen (secondary N) is 2. The van der Waals surface area contributed by atoms with Gasteiger partial charge >= 0.3 is 0 Å². The van der Waals surface area contributed by atoms with Gasteiger partial charge in [0, 0.05) is 29.4 Å². The molecular weight excluding hydrogens is 300 g/mol. The minimum Gasteiger partial charge on any atom is -0.326 e. The first kappa shape index (κ1) is 15.8. The van der Waals surface area contributed by atoms with Crippen molar-refractivity contribution in [3.05, 3.63) is 65.2 Å². The van der Waals surface area contributed by atoms with Crippen molar-refractivity contribution in [2.45, 2.75) is 6.92 Å². The summed E-state index contributed by atoms with van der Waals surface area (Å²) in [6.45, 7) is 1.44. The van der Waals surface area contributed by atoms with Crippen molar-refractivity contribution < 1.29 is 9.59 Å². The number of rotatable bonds is 4. The van der Waals surface area contributed by atoms with Gasteiger partial charge in [-0.05, 0) is 48.0 Å². The van der Waals surface area contributed by atoms with Crippen LogP contribution in [0.15, 0.2) is 54.6 Å². The fraction of sp³-hybridized carbons (Fsp3) is 0.0588. The second-order valence-corrected chi connectivity index (χ2v) is 5.07. The van der Waals surface area contributed by atoms with Gasteiger partial charge in [-0.25, -0.2) is 0 Å². The van der Waals surface area contributed by atoms with Crippen molar-refractivity contribution in [1.82, 2.24) is 0 Å². The van der Waals surface area contributed by atoms with Gasteiger partial charge in [-0.3, -0.25) is 9.59 Å². The van der Waals surface area contributed by atoms with Crippen LogP contribution in [-0.2, 0) is 9.59 Å². The zero-order valence-electron chi connectivity index (χ0n) is 12.0. The molecule has 5 heteroatoms. The van der Waals surface area contributed by atoms with Crippen LogP contribution in [0.3, 0.4) is 0 Å². The third-order valence-electron chi connectivity index (χ3n) is 2.75. The standard InChI is InChI=1S/C17H15ClN2O2/c1-12(21)19-15-6-8-16(9-7-15)20-17(22)10-5-13-3-2-4-14(18)11-13/h2-11H,1H3,(H,19,21)(H,20,22). The van der Waals surface area contributed by atoms with Gasteiger partial charge in [-0.1, -0.05) is 23.7 Å². The summed E-state index contributed by atoms with van der Waals surface area (Å²) in [5, 5.41) is 6.02. The van der Waals surface area contributed by atoms with E-state index in [0.717, 1.165) is 5.56 Å². The Bertz CT molecular complexity index is 709. The van der Waals surface area contributed by atoms with Crippen molar-refractivity contribution >= 4 is 40.9 Å². The summed E-state index contributed by atoms with van der Waals surface area (Å²) in [5.41, 5.74) is 2.18. The number of hydrogen-bond acceptors (Lipinski definition) is 2. The summed E-state index contributed by atoms with van der Waals surface area (Å²) >= 11 is 5.88. The van der Waals surface area contributed by atoms with E-state index in [4.69, 9.17) is 11.6 Å².